The van der Waals surface area contributed by atoms with Crippen molar-refractivity contribution in [2.75, 3.05) is 6.61 Å². The van der Waals surface area contributed by atoms with Crippen molar-refractivity contribution in [2.24, 2.45) is 0 Å². The Labute approximate surface area is 175 Å². The van der Waals surface area contributed by atoms with E-state index in [1.807, 2.05) is 0 Å². The molecule has 4 rings (SSSR count). The summed E-state index contributed by atoms with van der Waals surface area (Å²) >= 11 is 0. The zero-order valence-corrected chi connectivity index (χ0v) is 16.1. The number of aliphatic hydroxyl groups is 6. The molecule has 2 aromatic rings. The van der Waals surface area contributed by atoms with E-state index in [2.05, 4.69) is 0 Å². The standard InChI is InChI=1S/C21H22O10/c22-6-8-4-10-15(12(25)5-8)17(27)14-9(2-1-3-11(14)24)21(10,30)20-19(29)18(28)16(26)13(7-23)31-20/h1-5,13,16,18-20,22-26,28-30H,6-7H2/t13-,16+,18+,19+,20+,21-/m0/s1. The van der Waals surface area contributed by atoms with Gasteiger partial charge in [0.1, 0.15) is 47.6 Å². The Bertz CT molecular complexity index is 1040. The minimum Gasteiger partial charge on any atom is -0.507 e. The molecule has 6 atom stereocenters. The van der Waals surface area contributed by atoms with E-state index in [-0.39, 0.29) is 27.8 Å². The minimum absolute atomic E-state index is 0.135. The molecule has 0 saturated carbocycles. The monoisotopic (exact) mass is 434 g/mol. The van der Waals surface area contributed by atoms with Crippen LogP contribution in [0.1, 0.15) is 32.6 Å². The highest BCUT2D eigenvalue weighted by atomic mass is 16.6. The van der Waals surface area contributed by atoms with Gasteiger partial charge in [-0.15, -0.1) is 0 Å². The van der Waals surface area contributed by atoms with E-state index in [1.54, 1.807) is 0 Å². The molecule has 1 aliphatic heterocycles. The summed E-state index contributed by atoms with van der Waals surface area (Å²) in [4.78, 5) is 13.1. The molecule has 0 aromatic heterocycles. The summed E-state index contributed by atoms with van der Waals surface area (Å²) in [5.74, 6) is -1.88. The van der Waals surface area contributed by atoms with Crippen LogP contribution in [0.25, 0.3) is 0 Å². The van der Waals surface area contributed by atoms with Crippen molar-refractivity contribution in [3.63, 3.8) is 0 Å². The number of fused-ring (bicyclic) bond motifs is 2. The summed E-state index contributed by atoms with van der Waals surface area (Å²) in [5.41, 5.74) is -3.43. The summed E-state index contributed by atoms with van der Waals surface area (Å²) in [6, 6.07) is 6.21. The number of phenolic OH excluding ortho intramolecular Hbond substituents is 2. The van der Waals surface area contributed by atoms with Gasteiger partial charge in [-0.05, 0) is 23.8 Å². The molecule has 1 aliphatic carbocycles. The van der Waals surface area contributed by atoms with Crippen LogP contribution in [-0.4, -0.2) is 83.8 Å². The second kappa shape index (κ2) is 7.53. The second-order valence-corrected chi connectivity index (χ2v) is 7.74. The van der Waals surface area contributed by atoms with Crippen LogP contribution in [0.15, 0.2) is 30.3 Å². The van der Waals surface area contributed by atoms with E-state index in [0.29, 0.717) is 0 Å². The molecule has 1 fully saturated rings. The maximum absolute atomic E-state index is 13.1. The summed E-state index contributed by atoms with van der Waals surface area (Å²) in [6.07, 6.45) is -8.49. The number of carbonyl (C=O) groups is 1. The fourth-order valence-electron chi connectivity index (χ4n) is 4.44. The Morgan fingerprint density at radius 1 is 0.903 bits per heavy atom. The summed E-state index contributed by atoms with van der Waals surface area (Å²) in [6.45, 7) is -1.30. The van der Waals surface area contributed by atoms with Crippen molar-refractivity contribution >= 4 is 5.78 Å². The van der Waals surface area contributed by atoms with Crippen LogP contribution in [0.5, 0.6) is 11.5 Å². The minimum atomic E-state index is -2.42. The van der Waals surface area contributed by atoms with Gasteiger partial charge in [0.15, 0.2) is 0 Å². The maximum Gasteiger partial charge on any atom is 0.201 e. The number of rotatable bonds is 3. The zero-order valence-electron chi connectivity index (χ0n) is 16.1. The highest BCUT2D eigenvalue weighted by Gasteiger charge is 2.57. The number of carbonyl (C=O) groups excluding carboxylic acids is 1. The van der Waals surface area contributed by atoms with Crippen LogP contribution in [0.2, 0.25) is 0 Å². The van der Waals surface area contributed by atoms with Gasteiger partial charge in [-0.1, -0.05) is 12.1 Å². The lowest BCUT2D eigenvalue weighted by Gasteiger charge is -2.49. The molecule has 166 valence electrons. The van der Waals surface area contributed by atoms with Crippen molar-refractivity contribution in [3.8, 4) is 11.5 Å². The molecule has 10 nitrogen and oxygen atoms in total. The van der Waals surface area contributed by atoms with Gasteiger partial charge in [0.2, 0.25) is 5.78 Å². The summed E-state index contributed by atoms with van der Waals surface area (Å²) < 4.78 is 5.58. The molecule has 1 saturated heterocycles. The molecule has 10 heteroatoms. The molecule has 0 amide bonds. The van der Waals surface area contributed by atoms with Crippen LogP contribution in [0.3, 0.4) is 0 Å². The van der Waals surface area contributed by atoms with Crippen LogP contribution < -0.4 is 0 Å². The number of aliphatic hydroxyl groups excluding tert-OH is 5. The predicted octanol–water partition coefficient (Wildman–Crippen LogP) is -1.79. The number of hydrogen-bond donors (Lipinski definition) is 8. The van der Waals surface area contributed by atoms with E-state index < -0.39 is 66.6 Å². The average Bonchev–Trinajstić information content (AvgIpc) is 2.75. The van der Waals surface area contributed by atoms with E-state index in [1.165, 1.54) is 24.3 Å². The van der Waals surface area contributed by atoms with Crippen molar-refractivity contribution in [2.45, 2.75) is 42.7 Å². The van der Waals surface area contributed by atoms with Gasteiger partial charge in [-0.3, -0.25) is 4.79 Å². The van der Waals surface area contributed by atoms with Gasteiger partial charge >= 0.3 is 0 Å². The van der Waals surface area contributed by atoms with Gasteiger partial charge in [0.05, 0.1) is 24.3 Å². The lowest BCUT2D eigenvalue weighted by Crippen LogP contribution is -2.65. The van der Waals surface area contributed by atoms with Crippen molar-refractivity contribution in [1.29, 1.82) is 0 Å². The Kier molecular flexibility index (Phi) is 5.26. The van der Waals surface area contributed by atoms with Gasteiger partial charge in [0.25, 0.3) is 0 Å². The summed E-state index contributed by atoms with van der Waals surface area (Å²) in [7, 11) is 0. The molecule has 2 aliphatic rings. The molecule has 0 unspecified atom stereocenters. The van der Waals surface area contributed by atoms with E-state index in [9.17, 15) is 45.6 Å². The number of benzene rings is 2. The summed E-state index contributed by atoms with van der Waals surface area (Å²) in [5, 5.41) is 83.0. The van der Waals surface area contributed by atoms with E-state index in [0.717, 1.165) is 6.07 Å². The molecule has 8 N–H and O–H groups in total. The smallest absolute Gasteiger partial charge is 0.201 e. The first-order valence-corrected chi connectivity index (χ1v) is 9.54. The quantitative estimate of drug-likeness (QED) is 0.274. The van der Waals surface area contributed by atoms with Crippen molar-refractivity contribution in [3.05, 3.63) is 58.1 Å². The van der Waals surface area contributed by atoms with Crippen LogP contribution in [0.4, 0.5) is 0 Å². The van der Waals surface area contributed by atoms with Gasteiger partial charge in [-0.2, -0.15) is 0 Å². The SMILES string of the molecule is O=C1c2c(O)cccc2[C@@](O)([C@@H]2O[C@@H](CO)[C@@H](O)[C@@H](O)[C@H]2O)c2cc(CO)cc(O)c21. The fraction of sp³-hybridized carbons (Fsp3) is 0.381. The highest BCUT2D eigenvalue weighted by Crippen LogP contribution is 2.50. The second-order valence-electron chi connectivity index (χ2n) is 7.74. The van der Waals surface area contributed by atoms with E-state index in [4.69, 9.17) is 4.74 Å². The Balaban J connectivity index is 2.04. The third kappa shape index (κ3) is 2.96. The Morgan fingerprint density at radius 2 is 1.58 bits per heavy atom. The Hall–Kier alpha value is -2.57. The predicted molar refractivity (Wildman–Crippen MR) is 102 cm³/mol. The molecular formula is C21H22O10. The van der Waals surface area contributed by atoms with E-state index >= 15 is 0 Å². The lowest BCUT2D eigenvalue weighted by molar-refractivity contribution is -0.265. The molecule has 0 spiro atoms. The molecule has 31 heavy (non-hydrogen) atoms. The van der Waals surface area contributed by atoms with Crippen LogP contribution in [-0.2, 0) is 16.9 Å². The largest absolute Gasteiger partial charge is 0.507 e. The highest BCUT2D eigenvalue weighted by molar-refractivity contribution is 6.16. The lowest BCUT2D eigenvalue weighted by atomic mass is 9.68. The molecule has 0 bridgehead atoms. The van der Waals surface area contributed by atoms with Crippen LogP contribution in [0, 0.1) is 0 Å². The number of ketones is 1. The normalized spacial score (nSPS) is 32.5. The topological polar surface area (TPSA) is 188 Å². The number of aromatic hydroxyl groups is 2. The first kappa shape index (κ1) is 21.7. The Morgan fingerprint density at radius 3 is 2.23 bits per heavy atom. The molecule has 1 heterocycles. The van der Waals surface area contributed by atoms with Crippen LogP contribution >= 0.6 is 0 Å². The number of phenols is 2. The fourth-order valence-corrected chi connectivity index (χ4v) is 4.44. The number of ether oxygens (including phenoxy) is 1. The molecule has 0 radical (unpaired) electrons. The van der Waals surface area contributed by atoms with Gasteiger partial charge < -0.3 is 45.6 Å². The number of hydrogen-bond acceptors (Lipinski definition) is 10. The third-order valence-corrected chi connectivity index (χ3v) is 5.98. The first-order chi connectivity index (χ1) is 14.7. The third-order valence-electron chi connectivity index (χ3n) is 5.98. The average molecular weight is 434 g/mol. The maximum atomic E-state index is 13.1. The zero-order chi connectivity index (χ0) is 22.7. The van der Waals surface area contributed by atoms with Crippen molar-refractivity contribution in [1.82, 2.24) is 0 Å². The molecule has 2 aromatic carbocycles. The first-order valence-electron chi connectivity index (χ1n) is 9.54. The van der Waals surface area contributed by atoms with Crippen molar-refractivity contribution < 1.29 is 50.4 Å². The molecular weight excluding hydrogens is 412 g/mol. The van der Waals surface area contributed by atoms with Gasteiger partial charge in [-0.25, -0.2) is 0 Å². The van der Waals surface area contributed by atoms with Gasteiger partial charge in [0, 0.05) is 11.1 Å².